The van der Waals surface area contributed by atoms with Crippen LogP contribution in [0.25, 0.3) is 5.57 Å². The molecule has 0 saturated heterocycles. The molecule has 1 aromatic carbocycles. The van der Waals surface area contributed by atoms with Gasteiger partial charge in [0.05, 0.1) is 26.3 Å². The van der Waals surface area contributed by atoms with Gasteiger partial charge in [-0.3, -0.25) is 0 Å². The Balaban J connectivity index is 2.42. The highest BCUT2D eigenvalue weighted by Gasteiger charge is 2.26. The van der Waals surface area contributed by atoms with Crippen molar-refractivity contribution in [2.45, 2.75) is 6.42 Å². The molecule has 2 rings (SSSR count). The van der Waals surface area contributed by atoms with Gasteiger partial charge in [0, 0.05) is 6.42 Å². The molecule has 0 fully saturated rings. The van der Waals surface area contributed by atoms with Crippen LogP contribution in [0.4, 0.5) is 4.39 Å². The van der Waals surface area contributed by atoms with Crippen LogP contribution in [0.1, 0.15) is 12.0 Å². The van der Waals surface area contributed by atoms with Crippen LogP contribution in [0.5, 0.6) is 0 Å². The highest BCUT2D eigenvalue weighted by Crippen LogP contribution is 2.24. The number of carbonyl (C=O) groups is 1. The molecule has 1 aromatic rings. The molecule has 1 aliphatic heterocycles. The fraction of sp³-hybridized carbons (Fsp3) is 0.357. The van der Waals surface area contributed by atoms with Crippen LogP contribution in [-0.4, -0.2) is 33.2 Å². The molecule has 18 heavy (non-hydrogen) atoms. The number of quaternary nitrogens is 1. The zero-order valence-corrected chi connectivity index (χ0v) is 10.6. The standard InChI is InChI=1S/C14H16FNO2/c1-16-8-7-12(13(9-16)14(17)18-2)10-3-5-11(15)6-4-10/h3-6H,7-9H2,1-2H3/p+1. The van der Waals surface area contributed by atoms with Crippen LogP contribution in [0, 0.1) is 5.82 Å². The maximum Gasteiger partial charge on any atom is 0.339 e. The van der Waals surface area contributed by atoms with Gasteiger partial charge in [-0.25, -0.2) is 9.18 Å². The lowest BCUT2D eigenvalue weighted by Gasteiger charge is -2.24. The molecule has 3 nitrogen and oxygen atoms in total. The molecular formula is C14H17FNO2+. The summed E-state index contributed by atoms with van der Waals surface area (Å²) in [5, 5.41) is 0. The Labute approximate surface area is 106 Å². The quantitative estimate of drug-likeness (QED) is 0.782. The summed E-state index contributed by atoms with van der Waals surface area (Å²) >= 11 is 0. The smallest absolute Gasteiger partial charge is 0.339 e. The number of likely N-dealkylation sites (N-methyl/N-ethyl adjacent to an activating group) is 1. The zero-order chi connectivity index (χ0) is 13.1. The van der Waals surface area contributed by atoms with E-state index in [1.165, 1.54) is 24.1 Å². The van der Waals surface area contributed by atoms with E-state index >= 15 is 0 Å². The van der Waals surface area contributed by atoms with Crippen molar-refractivity contribution in [3.63, 3.8) is 0 Å². The largest absolute Gasteiger partial charge is 0.465 e. The van der Waals surface area contributed by atoms with Crippen molar-refractivity contribution < 1.29 is 18.8 Å². The first kappa shape index (κ1) is 12.8. The summed E-state index contributed by atoms with van der Waals surface area (Å²) in [6.45, 7) is 1.62. The number of benzene rings is 1. The van der Waals surface area contributed by atoms with E-state index in [1.54, 1.807) is 12.1 Å². The molecule has 0 radical (unpaired) electrons. The molecule has 0 spiro atoms. The second kappa shape index (κ2) is 5.31. The molecule has 96 valence electrons. The van der Waals surface area contributed by atoms with Crippen LogP contribution < -0.4 is 4.90 Å². The Morgan fingerprint density at radius 3 is 2.61 bits per heavy atom. The van der Waals surface area contributed by atoms with Gasteiger partial charge in [-0.15, -0.1) is 0 Å². The summed E-state index contributed by atoms with van der Waals surface area (Å²) in [7, 11) is 3.44. The van der Waals surface area contributed by atoms with Crippen molar-refractivity contribution in [2.24, 2.45) is 0 Å². The number of methoxy groups -OCH3 is 1. The Morgan fingerprint density at radius 2 is 2.00 bits per heavy atom. The Bertz CT molecular complexity index is 479. The van der Waals surface area contributed by atoms with E-state index in [2.05, 4.69) is 0 Å². The fourth-order valence-corrected chi connectivity index (χ4v) is 2.27. The topological polar surface area (TPSA) is 30.7 Å². The number of hydrogen-bond acceptors (Lipinski definition) is 2. The third-order valence-electron chi connectivity index (χ3n) is 3.27. The highest BCUT2D eigenvalue weighted by atomic mass is 19.1. The molecule has 1 aliphatic rings. The van der Waals surface area contributed by atoms with Crippen LogP contribution in [0.15, 0.2) is 29.8 Å². The van der Waals surface area contributed by atoms with Crippen molar-refractivity contribution in [1.29, 1.82) is 0 Å². The van der Waals surface area contributed by atoms with Crippen LogP contribution in [0.2, 0.25) is 0 Å². The summed E-state index contributed by atoms with van der Waals surface area (Å²) in [5.74, 6) is -0.550. The Morgan fingerprint density at radius 1 is 1.33 bits per heavy atom. The molecule has 1 atom stereocenters. The van der Waals surface area contributed by atoms with Crippen molar-refractivity contribution in [2.75, 3.05) is 27.2 Å². The molecule has 0 amide bonds. The lowest BCUT2D eigenvalue weighted by Crippen LogP contribution is -3.10. The van der Waals surface area contributed by atoms with Gasteiger partial charge in [0.25, 0.3) is 0 Å². The molecule has 4 heteroatoms. The summed E-state index contributed by atoms with van der Waals surface area (Å²) in [6, 6.07) is 6.27. The maximum absolute atomic E-state index is 12.9. The van der Waals surface area contributed by atoms with Gasteiger partial charge in [-0.2, -0.15) is 0 Å². The van der Waals surface area contributed by atoms with Gasteiger partial charge in [0.2, 0.25) is 0 Å². The van der Waals surface area contributed by atoms with Crippen molar-refractivity contribution >= 4 is 11.5 Å². The van der Waals surface area contributed by atoms with Crippen LogP contribution >= 0.6 is 0 Å². The average molecular weight is 250 g/mol. The van der Waals surface area contributed by atoms with Gasteiger partial charge in [-0.05, 0) is 23.3 Å². The second-order valence-electron chi connectivity index (χ2n) is 4.59. The SMILES string of the molecule is COC(=O)C1=C(c2ccc(F)cc2)CC[NH+](C)C1. The van der Waals surface area contributed by atoms with E-state index in [0.29, 0.717) is 12.1 Å². The third-order valence-corrected chi connectivity index (χ3v) is 3.27. The van der Waals surface area contributed by atoms with E-state index in [4.69, 9.17) is 4.74 Å². The first-order chi connectivity index (χ1) is 8.61. The monoisotopic (exact) mass is 250 g/mol. The number of nitrogens with one attached hydrogen (secondary N) is 1. The minimum absolute atomic E-state index is 0.266. The van der Waals surface area contributed by atoms with Gasteiger partial charge >= 0.3 is 5.97 Å². The van der Waals surface area contributed by atoms with E-state index in [1.807, 2.05) is 7.05 Å². The highest BCUT2D eigenvalue weighted by molar-refractivity contribution is 5.98. The first-order valence-corrected chi connectivity index (χ1v) is 5.99. The third kappa shape index (κ3) is 2.59. The predicted octanol–water partition coefficient (Wildman–Crippen LogP) is 0.671. The minimum Gasteiger partial charge on any atom is -0.465 e. The number of hydrogen-bond donors (Lipinski definition) is 1. The number of ether oxygens (including phenoxy) is 1. The lowest BCUT2D eigenvalue weighted by atomic mass is 9.93. The second-order valence-corrected chi connectivity index (χ2v) is 4.59. The zero-order valence-electron chi connectivity index (χ0n) is 10.6. The van der Waals surface area contributed by atoms with E-state index in [-0.39, 0.29) is 11.8 Å². The minimum atomic E-state index is -0.284. The first-order valence-electron chi connectivity index (χ1n) is 5.99. The van der Waals surface area contributed by atoms with Crippen LogP contribution in [-0.2, 0) is 9.53 Å². The van der Waals surface area contributed by atoms with E-state index in [0.717, 1.165) is 24.1 Å². The van der Waals surface area contributed by atoms with Crippen LogP contribution in [0.3, 0.4) is 0 Å². The van der Waals surface area contributed by atoms with Gasteiger partial charge < -0.3 is 9.64 Å². The molecule has 1 N–H and O–H groups in total. The van der Waals surface area contributed by atoms with Gasteiger partial charge in [0.1, 0.15) is 12.4 Å². The molecule has 1 heterocycles. The molecular weight excluding hydrogens is 233 g/mol. The van der Waals surface area contributed by atoms with Gasteiger partial charge in [0.15, 0.2) is 0 Å². The fourth-order valence-electron chi connectivity index (χ4n) is 2.27. The number of rotatable bonds is 2. The Hall–Kier alpha value is -1.68. The number of esters is 1. The molecule has 0 bridgehead atoms. The summed E-state index contributed by atoms with van der Waals surface area (Å²) in [6.07, 6.45) is 0.807. The van der Waals surface area contributed by atoms with Gasteiger partial charge in [-0.1, -0.05) is 12.1 Å². The van der Waals surface area contributed by atoms with E-state index < -0.39 is 0 Å². The molecule has 0 saturated carbocycles. The molecule has 1 unspecified atom stereocenters. The maximum atomic E-state index is 12.9. The Kier molecular flexibility index (Phi) is 3.77. The predicted molar refractivity (Wildman–Crippen MR) is 66.6 cm³/mol. The average Bonchev–Trinajstić information content (AvgIpc) is 2.39. The summed E-state index contributed by atoms with van der Waals surface area (Å²) < 4.78 is 17.8. The van der Waals surface area contributed by atoms with Crippen molar-refractivity contribution in [3.05, 3.63) is 41.2 Å². The number of halogens is 1. The molecule has 0 aliphatic carbocycles. The number of carbonyl (C=O) groups excluding carboxylic acids is 1. The molecule has 0 aromatic heterocycles. The normalized spacial score (nSPS) is 19.8. The van der Waals surface area contributed by atoms with Crippen molar-refractivity contribution in [3.8, 4) is 0 Å². The van der Waals surface area contributed by atoms with Crippen molar-refractivity contribution in [1.82, 2.24) is 0 Å². The summed E-state index contributed by atoms with van der Waals surface area (Å²) in [4.78, 5) is 13.1. The summed E-state index contributed by atoms with van der Waals surface area (Å²) in [5.41, 5.74) is 2.59. The van der Waals surface area contributed by atoms with E-state index in [9.17, 15) is 9.18 Å². The lowest BCUT2D eigenvalue weighted by molar-refractivity contribution is -0.875.